The van der Waals surface area contributed by atoms with Gasteiger partial charge in [-0.2, -0.15) is 0 Å². The van der Waals surface area contributed by atoms with Crippen LogP contribution in [0.4, 0.5) is 5.69 Å². The Morgan fingerprint density at radius 3 is 2.45 bits per heavy atom. The Labute approximate surface area is 187 Å². The predicted molar refractivity (Wildman–Crippen MR) is 122 cm³/mol. The summed E-state index contributed by atoms with van der Waals surface area (Å²) < 4.78 is 5.85. The SMILES string of the molecule is CCN(CC)C(=O)c1ccc(NC(=O)CCc2nc(C)c(-c3ccccc3)o2)cc1Cl. The lowest BCUT2D eigenvalue weighted by molar-refractivity contribution is -0.116. The molecule has 1 aromatic heterocycles. The van der Waals surface area contributed by atoms with E-state index in [1.165, 1.54) is 0 Å². The van der Waals surface area contributed by atoms with Crippen molar-refractivity contribution in [3.63, 3.8) is 0 Å². The first-order valence-corrected chi connectivity index (χ1v) is 10.7. The van der Waals surface area contributed by atoms with Crippen LogP contribution in [0.2, 0.25) is 5.02 Å². The molecule has 31 heavy (non-hydrogen) atoms. The van der Waals surface area contributed by atoms with Gasteiger partial charge in [0.05, 0.1) is 16.3 Å². The second-order valence-corrected chi connectivity index (χ2v) is 7.52. The van der Waals surface area contributed by atoms with Crippen LogP contribution in [-0.4, -0.2) is 34.8 Å². The third-order valence-electron chi connectivity index (χ3n) is 4.98. The van der Waals surface area contributed by atoms with Gasteiger partial charge in [-0.25, -0.2) is 4.98 Å². The van der Waals surface area contributed by atoms with E-state index < -0.39 is 0 Å². The minimum atomic E-state index is -0.184. The van der Waals surface area contributed by atoms with Crippen LogP contribution in [0.25, 0.3) is 11.3 Å². The number of rotatable bonds is 8. The third kappa shape index (κ3) is 5.52. The molecule has 0 saturated carbocycles. The fourth-order valence-electron chi connectivity index (χ4n) is 3.31. The normalized spacial score (nSPS) is 10.7. The van der Waals surface area contributed by atoms with E-state index in [4.69, 9.17) is 16.0 Å². The Morgan fingerprint density at radius 1 is 1.10 bits per heavy atom. The van der Waals surface area contributed by atoms with Crippen molar-refractivity contribution in [2.75, 3.05) is 18.4 Å². The smallest absolute Gasteiger partial charge is 0.255 e. The van der Waals surface area contributed by atoms with Crippen LogP contribution < -0.4 is 5.32 Å². The molecule has 7 heteroatoms. The largest absolute Gasteiger partial charge is 0.440 e. The number of carbonyl (C=O) groups excluding carboxylic acids is 2. The molecule has 6 nitrogen and oxygen atoms in total. The molecule has 0 fully saturated rings. The number of benzene rings is 2. The van der Waals surface area contributed by atoms with Gasteiger partial charge < -0.3 is 14.6 Å². The van der Waals surface area contributed by atoms with Crippen molar-refractivity contribution in [1.82, 2.24) is 9.88 Å². The molecule has 3 rings (SSSR count). The first kappa shape index (κ1) is 22.6. The summed E-state index contributed by atoms with van der Waals surface area (Å²) in [5, 5.41) is 3.12. The van der Waals surface area contributed by atoms with E-state index in [2.05, 4.69) is 10.3 Å². The molecular weight excluding hydrogens is 414 g/mol. The lowest BCUT2D eigenvalue weighted by Crippen LogP contribution is -2.30. The molecule has 0 saturated heterocycles. The van der Waals surface area contributed by atoms with Crippen molar-refractivity contribution in [2.45, 2.75) is 33.6 Å². The van der Waals surface area contributed by atoms with Crippen molar-refractivity contribution < 1.29 is 14.0 Å². The molecule has 0 radical (unpaired) electrons. The zero-order valence-corrected chi connectivity index (χ0v) is 18.7. The van der Waals surface area contributed by atoms with Crippen molar-refractivity contribution in [2.24, 2.45) is 0 Å². The number of aryl methyl sites for hydroxylation is 2. The summed E-state index contributed by atoms with van der Waals surface area (Å²) in [7, 11) is 0. The van der Waals surface area contributed by atoms with Gasteiger partial charge in [-0.05, 0) is 39.0 Å². The minimum Gasteiger partial charge on any atom is -0.440 e. The number of anilines is 1. The average molecular weight is 440 g/mol. The quantitative estimate of drug-likeness (QED) is 0.512. The highest BCUT2D eigenvalue weighted by molar-refractivity contribution is 6.34. The molecule has 0 aliphatic heterocycles. The van der Waals surface area contributed by atoms with Crippen molar-refractivity contribution in [3.8, 4) is 11.3 Å². The van der Waals surface area contributed by atoms with Crippen LogP contribution >= 0.6 is 11.6 Å². The predicted octanol–water partition coefficient (Wildman–Crippen LogP) is 5.36. The second kappa shape index (κ2) is 10.3. The fraction of sp³-hybridized carbons (Fsp3) is 0.292. The molecule has 162 valence electrons. The number of nitrogens with zero attached hydrogens (tertiary/aromatic N) is 2. The second-order valence-electron chi connectivity index (χ2n) is 7.11. The Morgan fingerprint density at radius 2 is 1.81 bits per heavy atom. The monoisotopic (exact) mass is 439 g/mol. The average Bonchev–Trinajstić information content (AvgIpc) is 3.14. The number of hydrogen-bond acceptors (Lipinski definition) is 4. The third-order valence-corrected chi connectivity index (χ3v) is 5.29. The Hall–Kier alpha value is -3.12. The highest BCUT2D eigenvalue weighted by atomic mass is 35.5. The van der Waals surface area contributed by atoms with Gasteiger partial charge >= 0.3 is 0 Å². The summed E-state index contributed by atoms with van der Waals surface area (Å²) >= 11 is 6.29. The molecule has 1 heterocycles. The molecule has 0 unspecified atom stereocenters. The van der Waals surface area contributed by atoms with E-state index in [9.17, 15) is 9.59 Å². The molecule has 3 aromatic rings. The molecule has 0 bridgehead atoms. The van der Waals surface area contributed by atoms with Gasteiger partial charge in [-0.3, -0.25) is 9.59 Å². The molecule has 1 N–H and O–H groups in total. The van der Waals surface area contributed by atoms with Gasteiger partial charge in [0.1, 0.15) is 0 Å². The van der Waals surface area contributed by atoms with Gasteiger partial charge in [0.25, 0.3) is 5.91 Å². The molecule has 2 aromatic carbocycles. The van der Waals surface area contributed by atoms with Crippen LogP contribution in [0.1, 0.15) is 42.2 Å². The highest BCUT2D eigenvalue weighted by Crippen LogP contribution is 2.25. The number of hydrogen-bond donors (Lipinski definition) is 1. The van der Waals surface area contributed by atoms with E-state index in [-0.39, 0.29) is 18.2 Å². The van der Waals surface area contributed by atoms with Gasteiger partial charge in [0, 0.05) is 37.2 Å². The van der Waals surface area contributed by atoms with E-state index in [1.54, 1.807) is 23.1 Å². The van der Waals surface area contributed by atoms with Crippen LogP contribution in [0.15, 0.2) is 52.9 Å². The van der Waals surface area contributed by atoms with Crippen LogP contribution in [0, 0.1) is 6.92 Å². The molecule has 0 aliphatic carbocycles. The summed E-state index contributed by atoms with van der Waals surface area (Å²) in [5.41, 5.74) is 2.71. The number of oxazole rings is 1. The lowest BCUT2D eigenvalue weighted by atomic mass is 10.1. The number of halogens is 1. The fourth-order valence-corrected chi connectivity index (χ4v) is 3.57. The zero-order chi connectivity index (χ0) is 22.4. The van der Waals surface area contributed by atoms with Crippen molar-refractivity contribution in [1.29, 1.82) is 0 Å². The lowest BCUT2D eigenvalue weighted by Gasteiger charge is -2.19. The number of nitrogens with one attached hydrogen (secondary N) is 1. The molecule has 0 aliphatic rings. The minimum absolute atomic E-state index is 0.124. The summed E-state index contributed by atoms with van der Waals surface area (Å²) in [5.74, 6) is 0.929. The summed E-state index contributed by atoms with van der Waals surface area (Å²) in [6, 6.07) is 14.7. The first-order chi connectivity index (χ1) is 14.9. The van der Waals surface area contributed by atoms with E-state index in [1.807, 2.05) is 51.1 Å². The van der Waals surface area contributed by atoms with Crippen molar-refractivity contribution >= 4 is 29.1 Å². The molecule has 0 atom stereocenters. The maximum Gasteiger partial charge on any atom is 0.255 e. The maximum atomic E-state index is 12.5. The standard InChI is InChI=1S/C24H26ClN3O3/c1-4-28(5-2)24(30)19-12-11-18(15-20(19)25)27-21(29)13-14-22-26-16(3)23(31-22)17-9-7-6-8-10-17/h6-12,15H,4-5,13-14H2,1-3H3,(H,27,29). The number of aromatic nitrogens is 1. The van der Waals surface area contributed by atoms with Crippen LogP contribution in [0.3, 0.4) is 0 Å². The van der Waals surface area contributed by atoms with Gasteiger partial charge in [-0.1, -0.05) is 41.9 Å². The summed E-state index contributed by atoms with van der Waals surface area (Å²) in [6.07, 6.45) is 0.595. The van der Waals surface area contributed by atoms with E-state index in [0.717, 1.165) is 17.0 Å². The van der Waals surface area contributed by atoms with Gasteiger partial charge in [0.2, 0.25) is 5.91 Å². The maximum absolute atomic E-state index is 12.5. The Kier molecular flexibility index (Phi) is 7.47. The Balaban J connectivity index is 1.60. The van der Waals surface area contributed by atoms with E-state index >= 15 is 0 Å². The molecule has 0 spiro atoms. The first-order valence-electron chi connectivity index (χ1n) is 10.3. The number of carbonyl (C=O) groups is 2. The topological polar surface area (TPSA) is 75.4 Å². The van der Waals surface area contributed by atoms with Gasteiger partial charge in [0.15, 0.2) is 11.7 Å². The van der Waals surface area contributed by atoms with Crippen molar-refractivity contribution in [3.05, 3.63) is 70.7 Å². The van der Waals surface area contributed by atoms with Gasteiger partial charge in [-0.15, -0.1) is 0 Å². The highest BCUT2D eigenvalue weighted by Gasteiger charge is 2.17. The summed E-state index contributed by atoms with van der Waals surface area (Å²) in [4.78, 5) is 31.0. The van der Waals surface area contributed by atoms with E-state index in [0.29, 0.717) is 41.7 Å². The van der Waals surface area contributed by atoms with Crippen LogP contribution in [-0.2, 0) is 11.2 Å². The summed E-state index contributed by atoms with van der Waals surface area (Å²) in [6.45, 7) is 6.94. The zero-order valence-electron chi connectivity index (χ0n) is 17.9. The molecule has 2 amide bonds. The van der Waals surface area contributed by atoms with Crippen LogP contribution in [0.5, 0.6) is 0 Å². The Bertz CT molecular complexity index is 1060. The molecular formula is C24H26ClN3O3. The number of amides is 2.